The molecule has 15 heavy (non-hydrogen) atoms. The van der Waals surface area contributed by atoms with Gasteiger partial charge in [0.25, 0.3) is 6.43 Å². The van der Waals surface area contributed by atoms with Gasteiger partial charge in [0.1, 0.15) is 0 Å². The first-order valence-electron chi connectivity index (χ1n) is 5.43. The van der Waals surface area contributed by atoms with E-state index in [0.717, 1.165) is 25.0 Å². The third-order valence-corrected chi connectivity index (χ3v) is 2.61. The zero-order valence-electron chi connectivity index (χ0n) is 9.21. The van der Waals surface area contributed by atoms with Gasteiger partial charge < -0.3 is 0 Å². The lowest BCUT2D eigenvalue weighted by Crippen LogP contribution is -2.01. The molecule has 1 aromatic heterocycles. The molecule has 84 valence electrons. The summed E-state index contributed by atoms with van der Waals surface area (Å²) in [6.07, 6.45) is 2.10. The van der Waals surface area contributed by atoms with E-state index >= 15 is 0 Å². The van der Waals surface area contributed by atoms with Gasteiger partial charge in [0, 0.05) is 23.4 Å². The minimum atomic E-state index is -2.40. The van der Waals surface area contributed by atoms with E-state index in [-0.39, 0.29) is 5.56 Å². The summed E-state index contributed by atoms with van der Waals surface area (Å²) in [5.41, 5.74) is 0.881. The third-order valence-electron chi connectivity index (χ3n) is 2.61. The molecular weight excluding hydrogens is 196 g/mol. The van der Waals surface area contributed by atoms with Crippen LogP contribution >= 0.6 is 0 Å². The van der Waals surface area contributed by atoms with Crippen molar-refractivity contribution < 1.29 is 8.78 Å². The van der Waals surface area contributed by atoms with Crippen molar-refractivity contribution in [3.05, 3.63) is 29.6 Å². The standard InChI is InChI=1S/C12H17F2N/c1-3-5-9(4-2)11-8-10(12(13)14)6-7-15-11/h6-9,12H,3-5H2,1-2H3. The van der Waals surface area contributed by atoms with E-state index in [1.165, 1.54) is 18.3 Å². The Hall–Kier alpha value is -0.990. The molecule has 0 fully saturated rings. The lowest BCUT2D eigenvalue weighted by Gasteiger charge is -2.13. The van der Waals surface area contributed by atoms with Gasteiger partial charge in [0.2, 0.25) is 0 Å². The van der Waals surface area contributed by atoms with Crippen LogP contribution in [0.25, 0.3) is 0 Å². The Morgan fingerprint density at radius 2 is 2.07 bits per heavy atom. The summed E-state index contributed by atoms with van der Waals surface area (Å²) in [6, 6.07) is 2.92. The van der Waals surface area contributed by atoms with E-state index < -0.39 is 6.43 Å². The molecule has 3 heteroatoms. The quantitative estimate of drug-likeness (QED) is 0.710. The zero-order chi connectivity index (χ0) is 11.3. The molecule has 1 unspecified atom stereocenters. The lowest BCUT2D eigenvalue weighted by atomic mass is 9.95. The fourth-order valence-electron chi connectivity index (χ4n) is 1.73. The molecule has 0 saturated carbocycles. The van der Waals surface area contributed by atoms with Crippen LogP contribution in [0.15, 0.2) is 18.3 Å². The number of nitrogens with zero attached hydrogens (tertiary/aromatic N) is 1. The van der Waals surface area contributed by atoms with Gasteiger partial charge in [-0.1, -0.05) is 20.3 Å². The largest absolute Gasteiger partial charge is 0.263 e. The summed E-state index contributed by atoms with van der Waals surface area (Å²) in [6.45, 7) is 4.16. The Balaban J connectivity index is 2.87. The van der Waals surface area contributed by atoms with Crippen molar-refractivity contribution in [1.82, 2.24) is 4.98 Å². The first-order chi connectivity index (χ1) is 7.19. The molecule has 0 aliphatic carbocycles. The predicted octanol–water partition coefficient (Wildman–Crippen LogP) is 4.31. The maximum atomic E-state index is 12.5. The van der Waals surface area contributed by atoms with Crippen molar-refractivity contribution in [2.45, 2.75) is 45.5 Å². The van der Waals surface area contributed by atoms with Crippen molar-refractivity contribution in [3.8, 4) is 0 Å². The Morgan fingerprint density at radius 3 is 2.60 bits per heavy atom. The summed E-state index contributed by atoms with van der Waals surface area (Å²) >= 11 is 0. The molecule has 0 radical (unpaired) electrons. The van der Waals surface area contributed by atoms with Gasteiger partial charge in [-0.2, -0.15) is 0 Å². The molecule has 1 aromatic rings. The molecule has 0 aromatic carbocycles. The van der Waals surface area contributed by atoms with E-state index in [1.54, 1.807) is 0 Å². The van der Waals surface area contributed by atoms with Crippen LogP contribution in [-0.2, 0) is 0 Å². The van der Waals surface area contributed by atoms with Crippen LogP contribution in [0.1, 0.15) is 56.7 Å². The fourth-order valence-corrected chi connectivity index (χ4v) is 1.73. The number of rotatable bonds is 5. The van der Waals surface area contributed by atoms with Crippen LogP contribution in [0.4, 0.5) is 8.78 Å². The van der Waals surface area contributed by atoms with E-state index in [9.17, 15) is 8.78 Å². The normalized spacial score (nSPS) is 13.1. The molecule has 1 atom stereocenters. The molecule has 0 bridgehead atoms. The minimum absolute atomic E-state index is 0.0783. The molecule has 1 rings (SSSR count). The monoisotopic (exact) mass is 213 g/mol. The van der Waals surface area contributed by atoms with Crippen molar-refractivity contribution in [2.24, 2.45) is 0 Å². The Morgan fingerprint density at radius 1 is 1.33 bits per heavy atom. The number of hydrogen-bond donors (Lipinski definition) is 0. The highest BCUT2D eigenvalue weighted by Gasteiger charge is 2.13. The van der Waals surface area contributed by atoms with Gasteiger partial charge in [-0.15, -0.1) is 0 Å². The average Bonchev–Trinajstić information content (AvgIpc) is 2.26. The molecule has 0 spiro atoms. The second-order valence-electron chi connectivity index (χ2n) is 3.71. The van der Waals surface area contributed by atoms with Gasteiger partial charge in [-0.05, 0) is 25.0 Å². The molecule has 0 aliphatic rings. The van der Waals surface area contributed by atoms with E-state index in [2.05, 4.69) is 18.8 Å². The summed E-state index contributed by atoms with van der Waals surface area (Å²) < 4.78 is 24.9. The number of aromatic nitrogens is 1. The summed E-state index contributed by atoms with van der Waals surface area (Å²) in [5.74, 6) is 0.314. The number of halogens is 2. The van der Waals surface area contributed by atoms with E-state index in [1.807, 2.05) is 0 Å². The molecule has 1 nitrogen and oxygen atoms in total. The topological polar surface area (TPSA) is 12.9 Å². The van der Waals surface area contributed by atoms with Crippen molar-refractivity contribution in [1.29, 1.82) is 0 Å². The molecule has 0 aliphatic heterocycles. The molecular formula is C12H17F2N. The third kappa shape index (κ3) is 3.26. The molecule has 0 saturated heterocycles. The highest BCUT2D eigenvalue weighted by molar-refractivity contribution is 5.20. The van der Waals surface area contributed by atoms with Crippen molar-refractivity contribution in [3.63, 3.8) is 0 Å². The average molecular weight is 213 g/mol. The Kier molecular flexibility index (Phi) is 4.66. The molecule has 0 N–H and O–H groups in total. The smallest absolute Gasteiger partial charge is 0.261 e. The fraction of sp³-hybridized carbons (Fsp3) is 0.583. The summed E-state index contributed by atoms with van der Waals surface area (Å²) in [5, 5.41) is 0. The van der Waals surface area contributed by atoms with Gasteiger partial charge in [-0.25, -0.2) is 8.78 Å². The van der Waals surface area contributed by atoms with E-state index in [4.69, 9.17) is 0 Å². The number of pyridine rings is 1. The van der Waals surface area contributed by atoms with Gasteiger partial charge in [0.05, 0.1) is 0 Å². The van der Waals surface area contributed by atoms with Crippen molar-refractivity contribution >= 4 is 0 Å². The van der Waals surface area contributed by atoms with Gasteiger partial charge >= 0.3 is 0 Å². The van der Waals surface area contributed by atoms with E-state index in [0.29, 0.717) is 5.92 Å². The second kappa shape index (κ2) is 5.79. The lowest BCUT2D eigenvalue weighted by molar-refractivity contribution is 0.151. The number of hydrogen-bond acceptors (Lipinski definition) is 1. The first kappa shape index (κ1) is 12.1. The second-order valence-corrected chi connectivity index (χ2v) is 3.71. The van der Waals surface area contributed by atoms with Crippen LogP contribution in [-0.4, -0.2) is 4.98 Å². The van der Waals surface area contributed by atoms with Crippen LogP contribution in [0.5, 0.6) is 0 Å². The minimum Gasteiger partial charge on any atom is -0.261 e. The van der Waals surface area contributed by atoms with Gasteiger partial charge in [0.15, 0.2) is 0 Å². The maximum Gasteiger partial charge on any atom is 0.263 e. The highest BCUT2D eigenvalue weighted by atomic mass is 19.3. The molecule has 1 heterocycles. The summed E-state index contributed by atoms with van der Waals surface area (Å²) in [4.78, 5) is 4.18. The van der Waals surface area contributed by atoms with Crippen LogP contribution in [0, 0.1) is 0 Å². The number of alkyl halides is 2. The maximum absolute atomic E-state index is 12.5. The first-order valence-corrected chi connectivity index (χ1v) is 5.43. The SMILES string of the molecule is CCCC(CC)c1cc(C(F)F)ccn1. The van der Waals surface area contributed by atoms with Gasteiger partial charge in [-0.3, -0.25) is 4.98 Å². The zero-order valence-corrected chi connectivity index (χ0v) is 9.21. The van der Waals surface area contributed by atoms with Crippen LogP contribution in [0.2, 0.25) is 0 Å². The predicted molar refractivity (Wildman–Crippen MR) is 57.1 cm³/mol. The highest BCUT2D eigenvalue weighted by Crippen LogP contribution is 2.26. The van der Waals surface area contributed by atoms with Crippen LogP contribution < -0.4 is 0 Å². The van der Waals surface area contributed by atoms with Crippen LogP contribution in [0.3, 0.4) is 0 Å². The molecule has 0 amide bonds. The Bertz CT molecular complexity index is 299. The summed E-state index contributed by atoms with van der Waals surface area (Å²) in [7, 11) is 0. The Labute approximate surface area is 89.5 Å². The van der Waals surface area contributed by atoms with Crippen molar-refractivity contribution in [2.75, 3.05) is 0 Å².